The Labute approximate surface area is 217 Å². The Morgan fingerprint density at radius 3 is 2.66 bits per heavy atom. The van der Waals surface area contributed by atoms with Crippen molar-refractivity contribution in [3.63, 3.8) is 0 Å². The number of nitriles is 1. The molecule has 0 atom stereocenters. The first-order chi connectivity index (χ1) is 16.7. The molecule has 0 aliphatic heterocycles. The Kier molecular flexibility index (Phi) is 7.12. The van der Waals surface area contributed by atoms with Crippen molar-refractivity contribution in [2.24, 2.45) is 7.05 Å². The quantitative estimate of drug-likeness (QED) is 0.160. The zero-order chi connectivity index (χ0) is 25.4. The van der Waals surface area contributed by atoms with Gasteiger partial charge in [-0.3, -0.25) is 9.48 Å². The standard InChI is InChI=1S/C23H16BrCl2FN4O4/c1-31-21(18-12(8-28)17(35-10-3-4-10)6-14(25)20(18)27)13(9-29-31)15-5-11(16(32)7-24)19(22(26)30-15)23(33)34-2/h5-6,9-10H,3-4,7H2,1-2H3. The summed E-state index contributed by atoms with van der Waals surface area (Å²) in [5.74, 6) is -1.97. The molecule has 1 aromatic carbocycles. The summed E-state index contributed by atoms with van der Waals surface area (Å²) in [7, 11) is 2.71. The van der Waals surface area contributed by atoms with E-state index >= 15 is 4.39 Å². The van der Waals surface area contributed by atoms with Crippen molar-refractivity contribution in [2.45, 2.75) is 18.9 Å². The Hall–Kier alpha value is -3.00. The van der Waals surface area contributed by atoms with Crippen LogP contribution in [0.15, 0.2) is 18.3 Å². The lowest BCUT2D eigenvalue weighted by molar-refractivity contribution is 0.0597. The van der Waals surface area contributed by atoms with Crippen LogP contribution in [0.25, 0.3) is 22.5 Å². The summed E-state index contributed by atoms with van der Waals surface area (Å²) in [5, 5.41) is 13.5. The van der Waals surface area contributed by atoms with E-state index in [0.29, 0.717) is 0 Å². The SMILES string of the molecule is COC(=O)c1c(C(=O)CBr)cc(-c2cnn(C)c2-c2c(F)c(Cl)cc(OC3CC3)c2C#N)nc1Cl. The van der Waals surface area contributed by atoms with Crippen LogP contribution >= 0.6 is 39.1 Å². The Balaban J connectivity index is 1.99. The summed E-state index contributed by atoms with van der Waals surface area (Å²) in [4.78, 5) is 29.1. The lowest BCUT2D eigenvalue weighted by Gasteiger charge is -2.15. The summed E-state index contributed by atoms with van der Waals surface area (Å²) in [5.41, 5.74) is 0.121. The van der Waals surface area contributed by atoms with Crippen LogP contribution < -0.4 is 4.74 Å². The lowest BCUT2D eigenvalue weighted by atomic mass is 9.97. The molecule has 0 spiro atoms. The van der Waals surface area contributed by atoms with Gasteiger partial charge in [0.25, 0.3) is 0 Å². The molecular weight excluding hydrogens is 566 g/mol. The average Bonchev–Trinajstić information content (AvgIpc) is 3.58. The summed E-state index contributed by atoms with van der Waals surface area (Å²) in [6.07, 6.45) is 2.97. The molecule has 180 valence electrons. The van der Waals surface area contributed by atoms with Gasteiger partial charge in [-0.05, 0) is 18.9 Å². The lowest BCUT2D eigenvalue weighted by Crippen LogP contribution is -2.14. The van der Waals surface area contributed by atoms with Crippen LogP contribution in [0.5, 0.6) is 5.75 Å². The molecule has 4 rings (SSSR count). The fraction of sp³-hybridized carbons (Fsp3) is 0.261. The van der Waals surface area contributed by atoms with Crippen LogP contribution in [-0.2, 0) is 11.8 Å². The van der Waals surface area contributed by atoms with Crippen LogP contribution in [-0.4, -0.2) is 45.1 Å². The third-order valence-corrected chi connectivity index (χ3v) is 6.41. The van der Waals surface area contributed by atoms with Gasteiger partial charge in [0.15, 0.2) is 11.6 Å². The third kappa shape index (κ3) is 4.63. The molecule has 8 nitrogen and oxygen atoms in total. The maximum absolute atomic E-state index is 15.4. The van der Waals surface area contributed by atoms with Crippen molar-refractivity contribution in [3.05, 3.63) is 51.0 Å². The number of nitrogens with zero attached hydrogens (tertiary/aromatic N) is 4. The molecule has 0 amide bonds. The van der Waals surface area contributed by atoms with E-state index in [9.17, 15) is 14.9 Å². The predicted octanol–water partition coefficient (Wildman–Crippen LogP) is 5.37. The van der Waals surface area contributed by atoms with Gasteiger partial charge in [0.1, 0.15) is 28.1 Å². The number of aromatic nitrogens is 3. The number of aryl methyl sites for hydroxylation is 1. The molecule has 0 radical (unpaired) electrons. The molecule has 12 heteroatoms. The molecule has 2 heterocycles. The van der Waals surface area contributed by atoms with Gasteiger partial charge in [0, 0.05) is 24.2 Å². The second kappa shape index (κ2) is 9.93. The fourth-order valence-electron chi connectivity index (χ4n) is 3.56. The topological polar surface area (TPSA) is 107 Å². The third-order valence-electron chi connectivity index (χ3n) is 5.35. The highest BCUT2D eigenvalue weighted by molar-refractivity contribution is 9.09. The highest BCUT2D eigenvalue weighted by atomic mass is 79.9. The molecule has 1 fully saturated rings. The maximum Gasteiger partial charge on any atom is 0.341 e. The van der Waals surface area contributed by atoms with E-state index in [0.717, 1.165) is 20.0 Å². The minimum atomic E-state index is -0.842. The van der Waals surface area contributed by atoms with Crippen molar-refractivity contribution in [1.82, 2.24) is 14.8 Å². The smallest absolute Gasteiger partial charge is 0.341 e. The largest absolute Gasteiger partial charge is 0.489 e. The number of benzene rings is 1. The van der Waals surface area contributed by atoms with Gasteiger partial charge in [-0.1, -0.05) is 39.1 Å². The fourth-order valence-corrected chi connectivity index (χ4v) is 4.32. The first kappa shape index (κ1) is 25.1. The number of ether oxygens (including phenoxy) is 2. The van der Waals surface area contributed by atoms with Gasteiger partial charge in [0.2, 0.25) is 0 Å². The molecular formula is C23H16BrCl2FN4O4. The van der Waals surface area contributed by atoms with E-state index in [1.165, 1.54) is 23.0 Å². The highest BCUT2D eigenvalue weighted by Gasteiger charge is 2.31. The molecule has 0 saturated heterocycles. The number of carbonyl (C=O) groups excluding carboxylic acids is 2. The number of ketones is 1. The molecule has 1 aliphatic rings. The monoisotopic (exact) mass is 580 g/mol. The van der Waals surface area contributed by atoms with Gasteiger partial charge in [-0.2, -0.15) is 10.4 Å². The van der Waals surface area contributed by atoms with Crippen LogP contribution in [0.2, 0.25) is 10.2 Å². The van der Waals surface area contributed by atoms with Gasteiger partial charge < -0.3 is 9.47 Å². The average molecular weight is 582 g/mol. The van der Waals surface area contributed by atoms with Gasteiger partial charge in [-0.25, -0.2) is 14.2 Å². The second-order valence-electron chi connectivity index (χ2n) is 7.65. The number of pyridine rings is 1. The number of Topliss-reactive ketones (excluding diaryl/α,β-unsaturated/α-hetero) is 1. The molecule has 3 aromatic rings. The van der Waals surface area contributed by atoms with Crippen LogP contribution in [0, 0.1) is 17.1 Å². The Bertz CT molecular complexity index is 1420. The van der Waals surface area contributed by atoms with Crippen molar-refractivity contribution >= 4 is 50.9 Å². The Morgan fingerprint density at radius 2 is 2.06 bits per heavy atom. The number of alkyl halides is 1. The number of hydrogen-bond acceptors (Lipinski definition) is 7. The van der Waals surface area contributed by atoms with Gasteiger partial charge >= 0.3 is 5.97 Å². The van der Waals surface area contributed by atoms with E-state index in [-0.39, 0.29) is 66.6 Å². The summed E-state index contributed by atoms with van der Waals surface area (Å²) < 4.78 is 27.3. The van der Waals surface area contributed by atoms with E-state index in [2.05, 4.69) is 26.0 Å². The summed E-state index contributed by atoms with van der Waals surface area (Å²) >= 11 is 15.6. The summed E-state index contributed by atoms with van der Waals surface area (Å²) in [6.45, 7) is 0. The second-order valence-corrected chi connectivity index (χ2v) is 8.98. The molecule has 2 aromatic heterocycles. The van der Waals surface area contributed by atoms with E-state index < -0.39 is 17.6 Å². The van der Waals surface area contributed by atoms with Crippen molar-refractivity contribution in [1.29, 1.82) is 5.26 Å². The minimum absolute atomic E-state index is 0.0386. The van der Waals surface area contributed by atoms with Gasteiger partial charge in [-0.15, -0.1) is 0 Å². The molecule has 0 bridgehead atoms. The maximum atomic E-state index is 15.4. The molecule has 0 N–H and O–H groups in total. The Morgan fingerprint density at radius 1 is 1.34 bits per heavy atom. The molecule has 35 heavy (non-hydrogen) atoms. The van der Waals surface area contributed by atoms with E-state index in [1.807, 2.05) is 6.07 Å². The van der Waals surface area contributed by atoms with Crippen molar-refractivity contribution < 1.29 is 23.5 Å². The minimum Gasteiger partial charge on any atom is -0.489 e. The number of esters is 1. The molecule has 1 aliphatic carbocycles. The van der Waals surface area contributed by atoms with Gasteiger partial charge in [0.05, 0.1) is 46.7 Å². The number of carbonyl (C=O) groups is 2. The van der Waals surface area contributed by atoms with Crippen LogP contribution in [0.3, 0.4) is 0 Å². The summed E-state index contributed by atoms with van der Waals surface area (Å²) in [6, 6.07) is 4.63. The zero-order valence-electron chi connectivity index (χ0n) is 18.4. The van der Waals surface area contributed by atoms with Crippen LogP contribution in [0.1, 0.15) is 39.1 Å². The number of hydrogen-bond donors (Lipinski definition) is 0. The normalized spacial score (nSPS) is 12.8. The predicted molar refractivity (Wildman–Crippen MR) is 130 cm³/mol. The highest BCUT2D eigenvalue weighted by Crippen LogP contribution is 2.43. The molecule has 0 unspecified atom stereocenters. The first-order valence-corrected chi connectivity index (χ1v) is 12.1. The van der Waals surface area contributed by atoms with Crippen LogP contribution in [0.4, 0.5) is 4.39 Å². The van der Waals surface area contributed by atoms with Crippen molar-refractivity contribution in [2.75, 3.05) is 12.4 Å². The number of halogens is 4. The first-order valence-electron chi connectivity index (χ1n) is 10.2. The number of rotatable bonds is 7. The zero-order valence-corrected chi connectivity index (χ0v) is 21.5. The van der Waals surface area contributed by atoms with Crippen molar-refractivity contribution in [3.8, 4) is 34.3 Å². The van der Waals surface area contributed by atoms with E-state index in [1.54, 1.807) is 7.05 Å². The van der Waals surface area contributed by atoms with E-state index in [4.69, 9.17) is 32.7 Å². The number of methoxy groups -OCH3 is 1. The molecule has 1 saturated carbocycles.